The van der Waals surface area contributed by atoms with Gasteiger partial charge in [0.2, 0.25) is 5.92 Å². The zero-order valence-corrected chi connectivity index (χ0v) is 7.07. The second kappa shape index (κ2) is 3.59. The van der Waals surface area contributed by atoms with Crippen molar-refractivity contribution in [1.82, 2.24) is 14.8 Å². The summed E-state index contributed by atoms with van der Waals surface area (Å²) >= 11 is 0. The lowest BCUT2D eigenvalue weighted by Crippen LogP contribution is -2.15. The van der Waals surface area contributed by atoms with Gasteiger partial charge in [0, 0.05) is 13.0 Å². The summed E-state index contributed by atoms with van der Waals surface area (Å²) in [5.41, 5.74) is 0. The van der Waals surface area contributed by atoms with Gasteiger partial charge in [-0.3, -0.25) is 4.79 Å². The number of carbonyl (C=O) groups excluding carboxylic acids is 1. The molecule has 1 aromatic rings. The van der Waals surface area contributed by atoms with Crippen molar-refractivity contribution in [3.05, 3.63) is 12.2 Å². The fraction of sp³-hybridized carbons (Fsp3) is 0.571. The first-order chi connectivity index (χ1) is 6.03. The topological polar surface area (TPSA) is 47.8 Å². The minimum Gasteiger partial charge on any atom is -0.294 e. The van der Waals surface area contributed by atoms with Crippen molar-refractivity contribution in [3.63, 3.8) is 0 Å². The van der Waals surface area contributed by atoms with Gasteiger partial charge in [-0.15, -0.1) is 0 Å². The highest BCUT2D eigenvalue weighted by molar-refractivity contribution is 5.68. The van der Waals surface area contributed by atoms with Gasteiger partial charge in [0.05, 0.1) is 0 Å². The van der Waals surface area contributed by atoms with Crippen molar-refractivity contribution < 1.29 is 13.6 Å². The van der Waals surface area contributed by atoms with Crippen molar-refractivity contribution in [1.29, 1.82) is 0 Å². The molecule has 6 heteroatoms. The van der Waals surface area contributed by atoms with E-state index in [1.54, 1.807) is 0 Å². The van der Waals surface area contributed by atoms with Crippen molar-refractivity contribution in [2.45, 2.75) is 25.8 Å². The Morgan fingerprint density at radius 3 is 2.92 bits per heavy atom. The standard InChI is InChI=1S/C7H9F2N3O/c1-7(8,9)2-3-12-6(4-13)10-5-11-12/h4-5H,2-3H2,1H3. The molecule has 0 spiro atoms. The highest BCUT2D eigenvalue weighted by atomic mass is 19.3. The van der Waals surface area contributed by atoms with Crippen LogP contribution in [0.5, 0.6) is 0 Å². The van der Waals surface area contributed by atoms with E-state index in [2.05, 4.69) is 10.1 Å². The van der Waals surface area contributed by atoms with Crippen LogP contribution in [0, 0.1) is 0 Å². The molecule has 1 heterocycles. The summed E-state index contributed by atoms with van der Waals surface area (Å²) in [7, 11) is 0. The lowest BCUT2D eigenvalue weighted by Gasteiger charge is -2.09. The van der Waals surface area contributed by atoms with Crippen LogP contribution >= 0.6 is 0 Å². The van der Waals surface area contributed by atoms with E-state index in [1.807, 2.05) is 0 Å². The maximum absolute atomic E-state index is 12.4. The van der Waals surface area contributed by atoms with E-state index in [1.165, 1.54) is 0 Å². The van der Waals surface area contributed by atoms with E-state index in [0.29, 0.717) is 6.29 Å². The maximum atomic E-state index is 12.4. The Kier molecular flexibility index (Phi) is 2.69. The van der Waals surface area contributed by atoms with Crippen LogP contribution in [0.4, 0.5) is 8.78 Å². The molecular formula is C7H9F2N3O. The first-order valence-corrected chi connectivity index (χ1v) is 3.74. The van der Waals surface area contributed by atoms with Gasteiger partial charge in [-0.2, -0.15) is 5.10 Å². The molecule has 0 aliphatic carbocycles. The van der Waals surface area contributed by atoms with E-state index in [0.717, 1.165) is 17.9 Å². The quantitative estimate of drug-likeness (QED) is 0.667. The number of aldehydes is 1. The summed E-state index contributed by atoms with van der Waals surface area (Å²) in [5.74, 6) is -2.67. The molecule has 0 amide bonds. The summed E-state index contributed by atoms with van der Waals surface area (Å²) in [6.07, 6.45) is 1.30. The van der Waals surface area contributed by atoms with Gasteiger partial charge in [-0.1, -0.05) is 0 Å². The molecule has 0 unspecified atom stereocenters. The zero-order valence-electron chi connectivity index (χ0n) is 7.07. The van der Waals surface area contributed by atoms with Crippen LogP contribution in [0.2, 0.25) is 0 Å². The fourth-order valence-electron chi connectivity index (χ4n) is 0.839. The Hall–Kier alpha value is -1.33. The molecule has 1 rings (SSSR count). The largest absolute Gasteiger partial charge is 0.294 e. The summed E-state index contributed by atoms with van der Waals surface area (Å²) in [5, 5.41) is 3.63. The van der Waals surface area contributed by atoms with Gasteiger partial charge >= 0.3 is 0 Å². The maximum Gasteiger partial charge on any atom is 0.247 e. The Morgan fingerprint density at radius 1 is 1.69 bits per heavy atom. The molecular weight excluding hydrogens is 180 g/mol. The van der Waals surface area contributed by atoms with Crippen LogP contribution in [-0.2, 0) is 6.54 Å². The SMILES string of the molecule is CC(F)(F)CCn1ncnc1C=O. The highest BCUT2D eigenvalue weighted by Gasteiger charge is 2.21. The highest BCUT2D eigenvalue weighted by Crippen LogP contribution is 2.17. The summed E-state index contributed by atoms with van der Waals surface area (Å²) in [4.78, 5) is 13.9. The smallest absolute Gasteiger partial charge is 0.247 e. The van der Waals surface area contributed by atoms with E-state index in [4.69, 9.17) is 0 Å². The molecule has 0 aromatic carbocycles. The van der Waals surface area contributed by atoms with E-state index < -0.39 is 5.92 Å². The zero-order chi connectivity index (χ0) is 9.90. The first-order valence-electron chi connectivity index (χ1n) is 3.74. The molecule has 0 radical (unpaired) electrons. The van der Waals surface area contributed by atoms with Gasteiger partial charge in [0.15, 0.2) is 12.1 Å². The number of aromatic nitrogens is 3. The number of nitrogens with zero attached hydrogens (tertiary/aromatic N) is 3. The Labute approximate surface area is 73.6 Å². The van der Waals surface area contributed by atoms with E-state index >= 15 is 0 Å². The third-order valence-electron chi connectivity index (χ3n) is 1.51. The number of aryl methyl sites for hydroxylation is 1. The van der Waals surface area contributed by atoms with Gasteiger partial charge in [0.1, 0.15) is 6.33 Å². The summed E-state index contributed by atoms with van der Waals surface area (Å²) < 4.78 is 26.0. The first kappa shape index (κ1) is 9.76. The minimum atomic E-state index is -2.74. The lowest BCUT2D eigenvalue weighted by molar-refractivity contribution is 0.00759. The minimum absolute atomic E-state index is 0.00241. The number of hydrogen-bond donors (Lipinski definition) is 0. The Morgan fingerprint density at radius 2 is 2.38 bits per heavy atom. The fourth-order valence-corrected chi connectivity index (χ4v) is 0.839. The van der Waals surface area contributed by atoms with Crippen molar-refractivity contribution >= 4 is 6.29 Å². The molecule has 0 bridgehead atoms. The van der Waals surface area contributed by atoms with Crippen LogP contribution < -0.4 is 0 Å². The van der Waals surface area contributed by atoms with Crippen molar-refractivity contribution in [3.8, 4) is 0 Å². The molecule has 1 aromatic heterocycles. The normalized spacial score (nSPS) is 11.6. The average Bonchev–Trinajstić information content (AvgIpc) is 2.46. The predicted octanol–water partition coefficient (Wildman–Crippen LogP) is 1.14. The number of hydrogen-bond acceptors (Lipinski definition) is 3. The second-order valence-electron chi connectivity index (χ2n) is 2.78. The molecule has 0 atom stereocenters. The third kappa shape index (κ3) is 2.89. The number of carbonyl (C=O) groups is 1. The Bertz CT molecular complexity index is 292. The van der Waals surface area contributed by atoms with Crippen molar-refractivity contribution in [2.24, 2.45) is 0 Å². The molecule has 72 valence electrons. The molecule has 0 aliphatic heterocycles. The van der Waals surface area contributed by atoms with Gasteiger partial charge in [-0.25, -0.2) is 18.4 Å². The van der Waals surface area contributed by atoms with E-state index in [-0.39, 0.29) is 18.8 Å². The molecule has 0 saturated carbocycles. The number of alkyl halides is 2. The van der Waals surface area contributed by atoms with Gasteiger partial charge in [0.25, 0.3) is 0 Å². The van der Waals surface area contributed by atoms with Crippen LogP contribution in [0.25, 0.3) is 0 Å². The van der Waals surface area contributed by atoms with Crippen LogP contribution in [0.15, 0.2) is 6.33 Å². The van der Waals surface area contributed by atoms with Crippen LogP contribution in [-0.4, -0.2) is 27.0 Å². The lowest BCUT2D eigenvalue weighted by atomic mass is 10.3. The molecule has 0 aliphatic rings. The van der Waals surface area contributed by atoms with Gasteiger partial charge in [-0.05, 0) is 6.92 Å². The third-order valence-corrected chi connectivity index (χ3v) is 1.51. The summed E-state index contributed by atoms with van der Waals surface area (Å²) in [6, 6.07) is 0. The number of rotatable bonds is 4. The van der Waals surface area contributed by atoms with Crippen molar-refractivity contribution in [2.75, 3.05) is 0 Å². The predicted molar refractivity (Wildman–Crippen MR) is 40.6 cm³/mol. The molecule has 13 heavy (non-hydrogen) atoms. The van der Waals surface area contributed by atoms with E-state index in [9.17, 15) is 13.6 Å². The number of halogens is 2. The molecule has 4 nitrogen and oxygen atoms in total. The van der Waals surface area contributed by atoms with Gasteiger partial charge < -0.3 is 0 Å². The van der Waals surface area contributed by atoms with Crippen LogP contribution in [0.1, 0.15) is 24.0 Å². The van der Waals surface area contributed by atoms with Crippen LogP contribution in [0.3, 0.4) is 0 Å². The second-order valence-corrected chi connectivity index (χ2v) is 2.78. The monoisotopic (exact) mass is 189 g/mol. The Balaban J connectivity index is 2.59. The molecule has 0 fully saturated rings. The molecule has 0 N–H and O–H groups in total. The average molecular weight is 189 g/mol. The summed E-state index contributed by atoms with van der Waals surface area (Å²) in [6.45, 7) is 0.822. The molecule has 0 saturated heterocycles.